The lowest BCUT2D eigenvalue weighted by Crippen LogP contribution is -2.66. The largest absolute Gasteiger partial charge is 0.495 e. The van der Waals surface area contributed by atoms with Crippen LogP contribution < -0.4 is 25.7 Å². The number of aliphatic hydroxyl groups is 1. The van der Waals surface area contributed by atoms with E-state index in [9.17, 15) is 9.90 Å². The maximum absolute atomic E-state index is 12.3. The number of β-amino-alcohol motifs (C(OH)–C–C–N with tert-alkyl or cyclic N) is 1. The van der Waals surface area contributed by atoms with E-state index in [2.05, 4.69) is 120 Å². The van der Waals surface area contributed by atoms with Crippen LogP contribution >= 0.6 is 0 Å². The first-order chi connectivity index (χ1) is 28.6. The van der Waals surface area contributed by atoms with Gasteiger partial charge in [-0.25, -0.2) is 9.78 Å². The molecule has 59 heavy (non-hydrogen) atoms. The first-order valence-electron chi connectivity index (χ1n) is 20.8. The number of nitrogens with one attached hydrogen (secondary N) is 2. The van der Waals surface area contributed by atoms with Crippen molar-refractivity contribution in [3.8, 4) is 5.75 Å². The van der Waals surface area contributed by atoms with Gasteiger partial charge in [0.05, 0.1) is 33.6 Å². The quantitative estimate of drug-likeness (QED) is 0.0991. The summed E-state index contributed by atoms with van der Waals surface area (Å²) in [5, 5.41) is 22.9. The number of carbonyl (C=O) groups is 1. The van der Waals surface area contributed by atoms with Gasteiger partial charge < -0.3 is 24.3 Å². The molecule has 2 fully saturated rings. The number of hydrogen-bond acceptors (Lipinski definition) is 12. The Kier molecular flexibility index (Phi) is 13.3. The van der Waals surface area contributed by atoms with Crippen molar-refractivity contribution in [2.75, 3.05) is 57.7 Å². The Balaban J connectivity index is 1.14. The van der Waals surface area contributed by atoms with Gasteiger partial charge in [0.25, 0.3) is 8.32 Å². The van der Waals surface area contributed by atoms with Crippen molar-refractivity contribution in [1.82, 2.24) is 34.5 Å². The SMILES string of the molecule is CCC[C@@H](CCO[Si](c1ccccc1)(c1ccccc1)C(C)(C)C)Nc1nc(NC(=O)OC)nc2cnn(Cc3ncc(CN4C[C@@H]5C[C@H]4CN5CCO)cc3OC)c12. The van der Waals surface area contributed by atoms with E-state index < -0.39 is 14.4 Å². The van der Waals surface area contributed by atoms with Crippen LogP contribution in [0, 0.1) is 0 Å². The number of benzene rings is 2. The van der Waals surface area contributed by atoms with Crippen molar-refractivity contribution in [2.45, 2.75) is 89.6 Å². The Morgan fingerprint density at radius 3 is 2.25 bits per heavy atom. The number of carbonyl (C=O) groups excluding carboxylic acids is 1. The summed E-state index contributed by atoms with van der Waals surface area (Å²) < 4.78 is 19.9. The lowest BCUT2D eigenvalue weighted by Gasteiger charge is -2.43. The molecule has 0 saturated carbocycles. The predicted octanol–water partition coefficient (Wildman–Crippen LogP) is 5.25. The second-order valence-electron chi connectivity index (χ2n) is 16.7. The first kappa shape index (κ1) is 42.2. The number of nitrogens with zero attached hydrogens (tertiary/aromatic N) is 7. The van der Waals surface area contributed by atoms with Crippen LogP contribution in [-0.4, -0.2) is 119 Å². The maximum atomic E-state index is 12.3. The first-order valence-corrected chi connectivity index (χ1v) is 22.7. The number of aromatic nitrogens is 5. The van der Waals surface area contributed by atoms with Gasteiger partial charge in [-0.3, -0.25) is 24.8 Å². The number of ether oxygens (including phenoxy) is 2. The summed E-state index contributed by atoms with van der Waals surface area (Å²) in [6.45, 7) is 13.6. The number of amides is 1. The van der Waals surface area contributed by atoms with Gasteiger partial charge in [-0.2, -0.15) is 10.1 Å². The van der Waals surface area contributed by atoms with Crippen LogP contribution in [0.3, 0.4) is 0 Å². The highest BCUT2D eigenvalue weighted by molar-refractivity contribution is 6.99. The van der Waals surface area contributed by atoms with E-state index in [4.69, 9.17) is 29.0 Å². The average molecular weight is 822 g/mol. The van der Waals surface area contributed by atoms with Crippen LogP contribution in [0.5, 0.6) is 5.75 Å². The third kappa shape index (κ3) is 9.14. The lowest BCUT2D eigenvalue weighted by molar-refractivity contribution is 0.105. The Morgan fingerprint density at radius 2 is 1.64 bits per heavy atom. The topological polar surface area (TPSA) is 152 Å². The van der Waals surface area contributed by atoms with Crippen molar-refractivity contribution < 1.29 is 23.8 Å². The van der Waals surface area contributed by atoms with Gasteiger partial charge in [0.2, 0.25) is 5.95 Å². The summed E-state index contributed by atoms with van der Waals surface area (Å²) in [5.74, 6) is 1.33. The maximum Gasteiger partial charge on any atom is 0.413 e. The van der Waals surface area contributed by atoms with Crippen LogP contribution in [0.4, 0.5) is 16.6 Å². The van der Waals surface area contributed by atoms with Crippen molar-refractivity contribution in [3.63, 3.8) is 0 Å². The van der Waals surface area contributed by atoms with Crippen LogP contribution in [-0.2, 0) is 22.3 Å². The third-order valence-electron chi connectivity index (χ3n) is 11.8. The van der Waals surface area contributed by atoms with Gasteiger partial charge in [0, 0.05) is 57.1 Å². The molecule has 3 N–H and O–H groups in total. The molecule has 314 valence electrons. The average Bonchev–Trinajstić information content (AvgIpc) is 3.95. The number of likely N-dealkylation sites (tertiary alicyclic amines) is 2. The molecule has 15 heteroatoms. The molecule has 2 saturated heterocycles. The molecule has 2 aromatic carbocycles. The smallest absolute Gasteiger partial charge is 0.413 e. The van der Waals surface area contributed by atoms with Gasteiger partial charge in [0.1, 0.15) is 22.5 Å². The van der Waals surface area contributed by atoms with Gasteiger partial charge in [-0.1, -0.05) is 94.8 Å². The van der Waals surface area contributed by atoms with E-state index in [0.717, 1.165) is 56.7 Å². The number of piperazine rings is 1. The highest BCUT2D eigenvalue weighted by Crippen LogP contribution is 2.37. The number of aliphatic hydroxyl groups excluding tert-OH is 1. The van der Waals surface area contributed by atoms with Crippen molar-refractivity contribution in [2.24, 2.45) is 0 Å². The molecule has 0 spiro atoms. The fourth-order valence-corrected chi connectivity index (χ4v) is 13.6. The molecule has 3 atom stereocenters. The summed E-state index contributed by atoms with van der Waals surface area (Å²) in [4.78, 5) is 31.6. The molecule has 5 aromatic rings. The molecule has 2 aliphatic heterocycles. The van der Waals surface area contributed by atoms with Gasteiger partial charge in [-0.15, -0.1) is 0 Å². The second kappa shape index (κ2) is 18.5. The molecule has 7 rings (SSSR count). The molecule has 5 heterocycles. The summed E-state index contributed by atoms with van der Waals surface area (Å²) in [7, 11) is 0.233. The van der Waals surface area contributed by atoms with Gasteiger partial charge >= 0.3 is 6.09 Å². The van der Waals surface area contributed by atoms with Gasteiger partial charge in [0.15, 0.2) is 5.82 Å². The number of hydrogen-bond donors (Lipinski definition) is 3. The van der Waals surface area contributed by atoms with E-state index in [1.807, 2.05) is 10.9 Å². The Hall–Kier alpha value is -4.93. The summed E-state index contributed by atoms with van der Waals surface area (Å²) in [6.07, 6.45) is 6.59. The van der Waals surface area contributed by atoms with E-state index in [-0.39, 0.29) is 23.6 Å². The Labute approximate surface area is 348 Å². The minimum absolute atomic E-state index is 0.0193. The normalized spacial score (nSPS) is 17.7. The van der Waals surface area contributed by atoms with Gasteiger partial charge in [-0.05, 0) is 46.3 Å². The standard InChI is InChI=1S/C44H59N9O5Si/c1-7-14-32(19-22-58-59(44(2,3)4,35-15-10-8-11-16-35)36-17-12-9-13-18-36)47-41-40-37(48-42(49-41)50-43(55)57-6)26-46-53(40)30-38-39(56-5)23-31(25-45-38)27-52-29-33-24-34(52)28-51(33)20-21-54/h8-13,15-18,23,25-26,32-34,54H,7,14,19-22,24,27-30H2,1-6H3,(H2,47,48,49,50,55)/t32-,33-,34-/m0/s1. The van der Waals surface area contributed by atoms with Crippen LogP contribution in [0.15, 0.2) is 79.1 Å². The van der Waals surface area contributed by atoms with E-state index >= 15 is 0 Å². The summed E-state index contributed by atoms with van der Waals surface area (Å²) >= 11 is 0. The molecule has 3 aromatic heterocycles. The molecule has 2 bridgehead atoms. The molecular formula is C44H59N9O5Si. The zero-order valence-electron chi connectivity index (χ0n) is 35.2. The summed E-state index contributed by atoms with van der Waals surface area (Å²) in [6, 6.07) is 24.4. The van der Waals surface area contributed by atoms with Crippen molar-refractivity contribution in [1.29, 1.82) is 0 Å². The Morgan fingerprint density at radius 1 is 0.949 bits per heavy atom. The third-order valence-corrected chi connectivity index (χ3v) is 16.9. The zero-order valence-corrected chi connectivity index (χ0v) is 36.2. The molecule has 0 radical (unpaired) electrons. The fraction of sp³-hybridized carbons (Fsp3) is 0.477. The number of pyridine rings is 1. The predicted molar refractivity (Wildman–Crippen MR) is 233 cm³/mol. The monoisotopic (exact) mass is 821 g/mol. The zero-order chi connectivity index (χ0) is 41.6. The number of rotatable bonds is 18. The van der Waals surface area contributed by atoms with E-state index in [1.54, 1.807) is 13.3 Å². The lowest BCUT2D eigenvalue weighted by atomic mass is 10.1. The molecule has 2 aliphatic rings. The number of methoxy groups -OCH3 is 2. The molecule has 0 unspecified atom stereocenters. The minimum atomic E-state index is -2.74. The van der Waals surface area contributed by atoms with Crippen LogP contribution in [0.1, 0.15) is 64.6 Å². The summed E-state index contributed by atoms with van der Waals surface area (Å²) in [5.41, 5.74) is 3.06. The van der Waals surface area contributed by atoms with Crippen LogP contribution in [0.25, 0.3) is 11.0 Å². The minimum Gasteiger partial charge on any atom is -0.495 e. The molecular weight excluding hydrogens is 763 g/mol. The molecule has 0 aliphatic carbocycles. The number of anilines is 2. The van der Waals surface area contributed by atoms with Crippen LogP contribution in [0.2, 0.25) is 5.04 Å². The molecule has 1 amide bonds. The number of fused-ring (bicyclic) bond motifs is 3. The fourth-order valence-electron chi connectivity index (χ4n) is 9.06. The van der Waals surface area contributed by atoms with Crippen molar-refractivity contribution >= 4 is 47.6 Å². The van der Waals surface area contributed by atoms with Crippen molar-refractivity contribution in [3.05, 3.63) is 90.4 Å². The van der Waals surface area contributed by atoms with E-state index in [0.29, 0.717) is 54.3 Å². The van der Waals surface area contributed by atoms with E-state index in [1.165, 1.54) is 17.5 Å². The second-order valence-corrected chi connectivity index (χ2v) is 21.0. The Bertz CT molecular complexity index is 2130. The highest BCUT2D eigenvalue weighted by Gasteiger charge is 2.50. The molecule has 14 nitrogen and oxygen atoms in total. The highest BCUT2D eigenvalue weighted by atomic mass is 28.4.